The van der Waals surface area contributed by atoms with E-state index >= 15 is 0 Å². The third-order valence-corrected chi connectivity index (χ3v) is 2.80. The Labute approximate surface area is 105 Å². The standard InChI is InChI=1S/C12H14ClN3O/c1-17-12-3-2-8(13)6-9(12)10-7-15-16-11(10)4-5-14/h2-3,6-7H,4-5,14H2,1H3,(H,15,16). The number of nitrogens with two attached hydrogens (primary N) is 1. The first-order valence-corrected chi connectivity index (χ1v) is 5.70. The van der Waals surface area contributed by atoms with E-state index in [0.717, 1.165) is 29.0 Å². The Kier molecular flexibility index (Phi) is 3.66. The smallest absolute Gasteiger partial charge is 0.126 e. The van der Waals surface area contributed by atoms with E-state index in [1.807, 2.05) is 12.1 Å². The Morgan fingerprint density at radius 1 is 1.41 bits per heavy atom. The lowest BCUT2D eigenvalue weighted by atomic mass is 10.0. The van der Waals surface area contributed by atoms with E-state index in [0.29, 0.717) is 11.6 Å². The number of ether oxygens (including phenoxy) is 1. The first-order valence-electron chi connectivity index (χ1n) is 5.32. The Bertz CT molecular complexity index is 510. The number of hydrogen-bond donors (Lipinski definition) is 2. The van der Waals surface area contributed by atoms with Gasteiger partial charge in [-0.2, -0.15) is 5.10 Å². The van der Waals surface area contributed by atoms with Gasteiger partial charge in [0.2, 0.25) is 0 Å². The zero-order valence-corrected chi connectivity index (χ0v) is 10.3. The predicted octanol–water partition coefficient (Wildman–Crippen LogP) is 2.24. The van der Waals surface area contributed by atoms with E-state index in [9.17, 15) is 0 Å². The summed E-state index contributed by atoms with van der Waals surface area (Å²) in [6.45, 7) is 0.568. The van der Waals surface area contributed by atoms with Crippen LogP contribution in [0.15, 0.2) is 24.4 Å². The largest absolute Gasteiger partial charge is 0.496 e. The molecule has 0 saturated carbocycles. The van der Waals surface area contributed by atoms with Crippen LogP contribution in [0.3, 0.4) is 0 Å². The van der Waals surface area contributed by atoms with Crippen molar-refractivity contribution >= 4 is 11.6 Å². The van der Waals surface area contributed by atoms with Gasteiger partial charge >= 0.3 is 0 Å². The number of benzene rings is 1. The van der Waals surface area contributed by atoms with Gasteiger partial charge in [0.15, 0.2) is 0 Å². The first kappa shape index (κ1) is 12.0. The van der Waals surface area contributed by atoms with Crippen molar-refractivity contribution in [3.8, 4) is 16.9 Å². The van der Waals surface area contributed by atoms with Crippen LogP contribution in [-0.4, -0.2) is 23.9 Å². The molecule has 0 bridgehead atoms. The molecule has 0 atom stereocenters. The minimum absolute atomic E-state index is 0.568. The molecule has 4 nitrogen and oxygen atoms in total. The van der Waals surface area contributed by atoms with Crippen LogP contribution in [0.5, 0.6) is 5.75 Å². The molecule has 2 rings (SSSR count). The van der Waals surface area contributed by atoms with Crippen molar-refractivity contribution in [2.24, 2.45) is 5.73 Å². The van der Waals surface area contributed by atoms with Gasteiger partial charge in [0.25, 0.3) is 0 Å². The van der Waals surface area contributed by atoms with Crippen molar-refractivity contribution in [2.45, 2.75) is 6.42 Å². The van der Waals surface area contributed by atoms with Crippen LogP contribution in [0.2, 0.25) is 5.02 Å². The Morgan fingerprint density at radius 3 is 2.94 bits per heavy atom. The molecule has 1 heterocycles. The summed E-state index contributed by atoms with van der Waals surface area (Å²) in [6, 6.07) is 5.51. The molecular weight excluding hydrogens is 238 g/mol. The van der Waals surface area contributed by atoms with Crippen molar-refractivity contribution in [3.05, 3.63) is 35.1 Å². The number of rotatable bonds is 4. The molecule has 2 aromatic rings. The maximum Gasteiger partial charge on any atom is 0.126 e. The quantitative estimate of drug-likeness (QED) is 0.876. The molecule has 3 N–H and O–H groups in total. The molecule has 1 aromatic carbocycles. The molecule has 17 heavy (non-hydrogen) atoms. The number of halogens is 1. The molecule has 90 valence electrons. The third-order valence-electron chi connectivity index (χ3n) is 2.56. The fourth-order valence-corrected chi connectivity index (χ4v) is 1.94. The van der Waals surface area contributed by atoms with Gasteiger partial charge in [-0.25, -0.2) is 0 Å². The second kappa shape index (κ2) is 5.21. The fourth-order valence-electron chi connectivity index (χ4n) is 1.77. The maximum atomic E-state index is 6.01. The minimum Gasteiger partial charge on any atom is -0.496 e. The summed E-state index contributed by atoms with van der Waals surface area (Å²) in [7, 11) is 1.63. The van der Waals surface area contributed by atoms with Crippen molar-refractivity contribution in [1.29, 1.82) is 0 Å². The molecule has 0 aliphatic carbocycles. The summed E-state index contributed by atoms with van der Waals surface area (Å²) < 4.78 is 5.33. The lowest BCUT2D eigenvalue weighted by Crippen LogP contribution is -2.04. The first-order chi connectivity index (χ1) is 8.26. The number of methoxy groups -OCH3 is 1. The second-order valence-electron chi connectivity index (χ2n) is 3.65. The highest BCUT2D eigenvalue weighted by molar-refractivity contribution is 6.31. The molecule has 0 aliphatic rings. The molecular formula is C12H14ClN3O. The van der Waals surface area contributed by atoms with E-state index in [1.54, 1.807) is 19.4 Å². The number of nitrogens with one attached hydrogen (secondary N) is 1. The summed E-state index contributed by atoms with van der Waals surface area (Å²) >= 11 is 6.01. The molecule has 1 aromatic heterocycles. The van der Waals surface area contributed by atoms with E-state index in [-0.39, 0.29) is 0 Å². The van der Waals surface area contributed by atoms with Crippen LogP contribution in [0.1, 0.15) is 5.69 Å². The Balaban J connectivity index is 2.51. The average Bonchev–Trinajstić information content (AvgIpc) is 2.77. The van der Waals surface area contributed by atoms with Crippen LogP contribution in [0, 0.1) is 0 Å². The van der Waals surface area contributed by atoms with Crippen molar-refractivity contribution in [1.82, 2.24) is 10.2 Å². The van der Waals surface area contributed by atoms with Crippen molar-refractivity contribution < 1.29 is 4.74 Å². The second-order valence-corrected chi connectivity index (χ2v) is 4.08. The summed E-state index contributed by atoms with van der Waals surface area (Å²) in [4.78, 5) is 0. The van der Waals surface area contributed by atoms with Gasteiger partial charge in [0.1, 0.15) is 5.75 Å². The summed E-state index contributed by atoms with van der Waals surface area (Å²) in [5.41, 5.74) is 8.46. The van der Waals surface area contributed by atoms with Crippen LogP contribution >= 0.6 is 11.6 Å². The molecule has 0 amide bonds. The highest BCUT2D eigenvalue weighted by Crippen LogP contribution is 2.33. The molecule has 0 spiro atoms. The molecule has 0 fully saturated rings. The van der Waals surface area contributed by atoms with Gasteiger partial charge in [-0.1, -0.05) is 11.6 Å². The zero-order valence-electron chi connectivity index (χ0n) is 9.53. The molecule has 0 unspecified atom stereocenters. The molecule has 0 aliphatic heterocycles. The maximum absolute atomic E-state index is 6.01. The van der Waals surface area contributed by atoms with Crippen LogP contribution < -0.4 is 10.5 Å². The van der Waals surface area contributed by atoms with E-state index < -0.39 is 0 Å². The van der Waals surface area contributed by atoms with Gasteiger partial charge < -0.3 is 10.5 Å². The number of aromatic nitrogens is 2. The topological polar surface area (TPSA) is 63.9 Å². The number of nitrogens with zero attached hydrogens (tertiary/aromatic N) is 1. The summed E-state index contributed by atoms with van der Waals surface area (Å²) in [6.07, 6.45) is 2.50. The predicted molar refractivity (Wildman–Crippen MR) is 68.3 cm³/mol. The monoisotopic (exact) mass is 251 g/mol. The van der Waals surface area contributed by atoms with Crippen molar-refractivity contribution in [3.63, 3.8) is 0 Å². The highest BCUT2D eigenvalue weighted by Gasteiger charge is 2.12. The van der Waals surface area contributed by atoms with Gasteiger partial charge in [-0.05, 0) is 24.7 Å². The Morgan fingerprint density at radius 2 is 2.24 bits per heavy atom. The van der Waals surface area contributed by atoms with Crippen LogP contribution in [-0.2, 0) is 6.42 Å². The van der Waals surface area contributed by atoms with Crippen LogP contribution in [0.25, 0.3) is 11.1 Å². The fraction of sp³-hybridized carbons (Fsp3) is 0.250. The normalized spacial score (nSPS) is 10.5. The average molecular weight is 252 g/mol. The van der Waals surface area contributed by atoms with E-state index in [4.69, 9.17) is 22.1 Å². The van der Waals surface area contributed by atoms with Gasteiger partial charge in [-0.3, -0.25) is 5.10 Å². The lowest BCUT2D eigenvalue weighted by Gasteiger charge is -2.09. The summed E-state index contributed by atoms with van der Waals surface area (Å²) in [5.74, 6) is 0.772. The van der Waals surface area contributed by atoms with Gasteiger partial charge in [0, 0.05) is 28.3 Å². The number of hydrogen-bond acceptors (Lipinski definition) is 3. The molecule has 0 saturated heterocycles. The number of aromatic amines is 1. The minimum atomic E-state index is 0.568. The summed E-state index contributed by atoms with van der Waals surface area (Å²) in [5, 5.41) is 7.66. The highest BCUT2D eigenvalue weighted by atomic mass is 35.5. The Hall–Kier alpha value is -1.52. The molecule has 5 heteroatoms. The SMILES string of the molecule is COc1ccc(Cl)cc1-c1cn[nH]c1CCN. The van der Waals surface area contributed by atoms with Crippen LogP contribution in [0.4, 0.5) is 0 Å². The molecule has 0 radical (unpaired) electrons. The lowest BCUT2D eigenvalue weighted by molar-refractivity contribution is 0.416. The van der Waals surface area contributed by atoms with Gasteiger partial charge in [-0.15, -0.1) is 0 Å². The number of H-pyrrole nitrogens is 1. The van der Waals surface area contributed by atoms with E-state index in [1.165, 1.54) is 0 Å². The van der Waals surface area contributed by atoms with Crippen molar-refractivity contribution in [2.75, 3.05) is 13.7 Å². The third kappa shape index (κ3) is 2.43. The van der Waals surface area contributed by atoms with E-state index in [2.05, 4.69) is 10.2 Å². The van der Waals surface area contributed by atoms with Gasteiger partial charge in [0.05, 0.1) is 13.3 Å². The zero-order chi connectivity index (χ0) is 12.3.